The number of nitrogens with zero attached hydrogens (tertiary/aromatic N) is 2. The molecule has 1 unspecified atom stereocenters. The van der Waals surface area contributed by atoms with E-state index >= 15 is 0 Å². The third-order valence-electron chi connectivity index (χ3n) is 4.52. The summed E-state index contributed by atoms with van der Waals surface area (Å²) in [4.78, 5) is 12.2. The molecule has 0 radical (unpaired) electrons. The van der Waals surface area contributed by atoms with Gasteiger partial charge in [0, 0.05) is 12.1 Å². The maximum Gasteiger partial charge on any atom is 0.306 e. The number of nitrogens with one attached hydrogen (secondary N) is 1. The molecule has 0 amide bonds. The first kappa shape index (κ1) is 16.1. The molecule has 3 rings (SSSR count). The SMILES string of the molecule is O=C(O)C1CCC(NC(Cc2ccccc2)c2cnns2)CC1. The van der Waals surface area contributed by atoms with Crippen LogP contribution in [0.25, 0.3) is 0 Å². The lowest BCUT2D eigenvalue weighted by Gasteiger charge is -2.30. The second-order valence-electron chi connectivity index (χ2n) is 6.12. The van der Waals surface area contributed by atoms with Crippen LogP contribution in [0.15, 0.2) is 36.5 Å². The van der Waals surface area contributed by atoms with Crippen molar-refractivity contribution in [3.8, 4) is 0 Å². The molecule has 23 heavy (non-hydrogen) atoms. The molecule has 1 aliphatic rings. The second kappa shape index (κ2) is 7.66. The fourth-order valence-electron chi connectivity index (χ4n) is 3.21. The van der Waals surface area contributed by atoms with Crippen molar-refractivity contribution < 1.29 is 9.90 Å². The van der Waals surface area contributed by atoms with Crippen LogP contribution in [0.2, 0.25) is 0 Å². The van der Waals surface area contributed by atoms with Gasteiger partial charge in [0.05, 0.1) is 17.0 Å². The molecule has 0 aliphatic heterocycles. The van der Waals surface area contributed by atoms with Crippen molar-refractivity contribution in [1.82, 2.24) is 14.9 Å². The number of carboxylic acid groups (broad SMARTS) is 1. The van der Waals surface area contributed by atoms with Crippen LogP contribution in [0.5, 0.6) is 0 Å². The second-order valence-corrected chi connectivity index (χ2v) is 6.93. The van der Waals surface area contributed by atoms with E-state index in [1.807, 2.05) is 12.3 Å². The van der Waals surface area contributed by atoms with Crippen molar-refractivity contribution in [1.29, 1.82) is 0 Å². The van der Waals surface area contributed by atoms with Crippen LogP contribution in [-0.2, 0) is 11.2 Å². The molecule has 2 N–H and O–H groups in total. The van der Waals surface area contributed by atoms with Gasteiger partial charge in [-0.3, -0.25) is 4.79 Å². The van der Waals surface area contributed by atoms with Gasteiger partial charge in [-0.2, -0.15) is 0 Å². The molecule has 2 aromatic rings. The van der Waals surface area contributed by atoms with Gasteiger partial charge in [0.2, 0.25) is 0 Å². The first-order valence-electron chi connectivity index (χ1n) is 8.02. The van der Waals surface area contributed by atoms with Crippen LogP contribution >= 0.6 is 11.5 Å². The maximum atomic E-state index is 11.1. The van der Waals surface area contributed by atoms with Gasteiger partial charge < -0.3 is 10.4 Å². The Hall–Kier alpha value is -1.79. The quantitative estimate of drug-likeness (QED) is 0.851. The smallest absolute Gasteiger partial charge is 0.306 e. The fraction of sp³-hybridized carbons (Fsp3) is 0.471. The highest BCUT2D eigenvalue weighted by molar-refractivity contribution is 7.05. The maximum absolute atomic E-state index is 11.1. The highest BCUT2D eigenvalue weighted by Gasteiger charge is 2.28. The normalized spacial score (nSPS) is 22.6. The Kier molecular flexibility index (Phi) is 5.35. The number of hydrogen-bond donors (Lipinski definition) is 2. The molecule has 122 valence electrons. The summed E-state index contributed by atoms with van der Waals surface area (Å²) in [6.07, 6.45) is 6.05. The number of rotatable bonds is 6. The zero-order chi connectivity index (χ0) is 16.1. The Morgan fingerprint density at radius 2 is 2.00 bits per heavy atom. The van der Waals surface area contributed by atoms with E-state index in [0.29, 0.717) is 6.04 Å². The molecule has 1 fully saturated rings. The van der Waals surface area contributed by atoms with Gasteiger partial charge in [-0.05, 0) is 49.2 Å². The molecule has 1 atom stereocenters. The van der Waals surface area contributed by atoms with E-state index in [-0.39, 0.29) is 12.0 Å². The number of carbonyl (C=O) groups is 1. The summed E-state index contributed by atoms with van der Waals surface area (Å²) < 4.78 is 3.99. The lowest BCUT2D eigenvalue weighted by atomic mass is 9.85. The zero-order valence-corrected chi connectivity index (χ0v) is 13.7. The summed E-state index contributed by atoms with van der Waals surface area (Å²) in [5, 5.41) is 16.8. The Labute approximate surface area is 139 Å². The van der Waals surface area contributed by atoms with Crippen LogP contribution < -0.4 is 5.32 Å². The standard InChI is InChI=1S/C17H21N3O2S/c21-17(22)13-6-8-14(9-7-13)19-15(16-11-18-20-23-16)10-12-4-2-1-3-5-12/h1-5,11,13-15,19H,6-10H2,(H,21,22). The Morgan fingerprint density at radius 3 is 2.61 bits per heavy atom. The summed E-state index contributed by atoms with van der Waals surface area (Å²) >= 11 is 1.43. The van der Waals surface area contributed by atoms with E-state index in [9.17, 15) is 4.79 Å². The predicted octanol–water partition coefficient (Wildman–Crippen LogP) is 3.05. The first-order valence-corrected chi connectivity index (χ1v) is 8.79. The van der Waals surface area contributed by atoms with Gasteiger partial charge in [-0.25, -0.2) is 0 Å². The highest BCUT2D eigenvalue weighted by atomic mass is 32.1. The summed E-state index contributed by atoms with van der Waals surface area (Å²) in [7, 11) is 0. The highest BCUT2D eigenvalue weighted by Crippen LogP contribution is 2.28. The lowest BCUT2D eigenvalue weighted by molar-refractivity contribution is -0.142. The number of aliphatic carboxylic acids is 1. The van der Waals surface area contributed by atoms with Crippen LogP contribution in [0.4, 0.5) is 0 Å². The molecule has 1 heterocycles. The van der Waals surface area contributed by atoms with E-state index in [4.69, 9.17) is 5.11 Å². The van der Waals surface area contributed by atoms with Crippen LogP contribution in [0, 0.1) is 5.92 Å². The molecule has 5 nitrogen and oxygen atoms in total. The minimum absolute atomic E-state index is 0.175. The lowest BCUT2D eigenvalue weighted by Crippen LogP contribution is -2.37. The average molecular weight is 331 g/mol. The number of aromatic nitrogens is 2. The van der Waals surface area contributed by atoms with E-state index in [1.54, 1.807) is 0 Å². The van der Waals surface area contributed by atoms with E-state index < -0.39 is 5.97 Å². The predicted molar refractivity (Wildman–Crippen MR) is 89.3 cm³/mol. The van der Waals surface area contributed by atoms with Crippen molar-refractivity contribution in [2.24, 2.45) is 5.92 Å². The molecule has 1 aromatic carbocycles. The molecule has 0 bridgehead atoms. The molecular weight excluding hydrogens is 310 g/mol. The van der Waals surface area contributed by atoms with E-state index in [0.717, 1.165) is 37.0 Å². The summed E-state index contributed by atoms with van der Waals surface area (Å²) in [5.41, 5.74) is 1.28. The molecule has 1 saturated carbocycles. The molecule has 1 aliphatic carbocycles. The van der Waals surface area contributed by atoms with Crippen molar-refractivity contribution >= 4 is 17.5 Å². The minimum atomic E-state index is -0.657. The Bertz CT molecular complexity index is 610. The summed E-state index contributed by atoms with van der Waals surface area (Å²) in [6, 6.07) is 10.9. The largest absolute Gasteiger partial charge is 0.481 e. The van der Waals surface area contributed by atoms with Crippen molar-refractivity contribution in [3.05, 3.63) is 47.0 Å². The molecular formula is C17H21N3O2S. The van der Waals surface area contributed by atoms with E-state index in [2.05, 4.69) is 39.2 Å². The summed E-state index contributed by atoms with van der Waals surface area (Å²) in [6.45, 7) is 0. The Balaban J connectivity index is 1.64. The van der Waals surface area contributed by atoms with Crippen molar-refractivity contribution in [2.45, 2.75) is 44.2 Å². The molecule has 6 heteroatoms. The minimum Gasteiger partial charge on any atom is -0.481 e. The summed E-state index contributed by atoms with van der Waals surface area (Å²) in [5.74, 6) is -0.832. The van der Waals surface area contributed by atoms with Crippen LogP contribution in [0.3, 0.4) is 0 Å². The van der Waals surface area contributed by atoms with Gasteiger partial charge >= 0.3 is 5.97 Å². The fourth-order valence-corrected chi connectivity index (χ4v) is 3.77. The number of carboxylic acids is 1. The van der Waals surface area contributed by atoms with Gasteiger partial charge in [0.15, 0.2) is 0 Å². The van der Waals surface area contributed by atoms with Crippen molar-refractivity contribution in [3.63, 3.8) is 0 Å². The average Bonchev–Trinajstić information content (AvgIpc) is 3.10. The Morgan fingerprint density at radius 1 is 1.26 bits per heavy atom. The molecule has 0 spiro atoms. The van der Waals surface area contributed by atoms with Crippen LogP contribution in [0.1, 0.15) is 42.2 Å². The monoisotopic (exact) mass is 331 g/mol. The van der Waals surface area contributed by atoms with E-state index in [1.165, 1.54) is 17.1 Å². The topological polar surface area (TPSA) is 75.1 Å². The third kappa shape index (κ3) is 4.36. The van der Waals surface area contributed by atoms with Gasteiger partial charge in [-0.1, -0.05) is 34.8 Å². The molecule has 1 aromatic heterocycles. The van der Waals surface area contributed by atoms with Crippen LogP contribution in [-0.4, -0.2) is 26.7 Å². The number of hydrogen-bond acceptors (Lipinski definition) is 5. The third-order valence-corrected chi connectivity index (χ3v) is 5.29. The van der Waals surface area contributed by atoms with Gasteiger partial charge in [-0.15, -0.1) is 5.10 Å². The first-order chi connectivity index (χ1) is 11.2. The zero-order valence-electron chi connectivity index (χ0n) is 12.9. The van der Waals surface area contributed by atoms with Gasteiger partial charge in [0.25, 0.3) is 0 Å². The van der Waals surface area contributed by atoms with Crippen molar-refractivity contribution in [2.75, 3.05) is 0 Å². The van der Waals surface area contributed by atoms with Gasteiger partial charge in [0.1, 0.15) is 0 Å². The number of benzene rings is 1. The molecule has 0 saturated heterocycles.